The van der Waals surface area contributed by atoms with Crippen LogP contribution in [0.3, 0.4) is 0 Å². The fourth-order valence-corrected chi connectivity index (χ4v) is 4.73. The molecular weight excluding hydrogens is 504 g/mol. The summed E-state index contributed by atoms with van der Waals surface area (Å²) in [6.45, 7) is 6.47. The van der Waals surface area contributed by atoms with Crippen molar-refractivity contribution in [2.24, 2.45) is 0 Å². The fourth-order valence-electron chi connectivity index (χ4n) is 4.73. The maximum atomic E-state index is 12.5. The molecule has 0 saturated heterocycles. The topological polar surface area (TPSA) is 78.9 Å². The van der Waals surface area contributed by atoms with Crippen molar-refractivity contribution >= 4 is 17.9 Å². The summed E-state index contributed by atoms with van der Waals surface area (Å²) >= 11 is 0. The van der Waals surface area contributed by atoms with Crippen LogP contribution in [0.4, 0.5) is 0 Å². The normalized spacial score (nSPS) is 11.8. The largest absolute Gasteiger partial charge is 0.462 e. The highest BCUT2D eigenvalue weighted by Crippen LogP contribution is 2.13. The zero-order valence-corrected chi connectivity index (χ0v) is 26.6. The monoisotopic (exact) mass is 568 g/mol. The number of hydrogen-bond donors (Lipinski definition) is 0. The van der Waals surface area contributed by atoms with Crippen LogP contribution in [0.25, 0.3) is 0 Å². The van der Waals surface area contributed by atoms with E-state index in [0.717, 1.165) is 64.2 Å². The lowest BCUT2D eigenvalue weighted by Crippen LogP contribution is -2.30. The van der Waals surface area contributed by atoms with Crippen molar-refractivity contribution in [1.29, 1.82) is 0 Å². The molecule has 0 saturated carbocycles. The van der Waals surface area contributed by atoms with Crippen LogP contribution in [0.2, 0.25) is 0 Å². The second-order valence-electron chi connectivity index (χ2n) is 11.4. The summed E-state index contributed by atoms with van der Waals surface area (Å²) in [5.74, 6) is -0.892. The molecule has 0 aliphatic carbocycles. The minimum atomic E-state index is -0.752. The van der Waals surface area contributed by atoms with E-state index in [-0.39, 0.29) is 31.1 Å². The molecule has 0 aliphatic heterocycles. The lowest BCUT2D eigenvalue weighted by atomic mass is 10.1. The Morgan fingerprint density at radius 1 is 0.400 bits per heavy atom. The van der Waals surface area contributed by atoms with E-state index in [2.05, 4.69) is 20.8 Å². The molecule has 6 heteroatoms. The summed E-state index contributed by atoms with van der Waals surface area (Å²) in [4.78, 5) is 36.9. The van der Waals surface area contributed by atoms with Gasteiger partial charge in [-0.05, 0) is 19.3 Å². The molecular formula is C34H64O6. The van der Waals surface area contributed by atoms with Crippen LogP contribution in [0.1, 0.15) is 181 Å². The van der Waals surface area contributed by atoms with Crippen molar-refractivity contribution in [2.45, 2.75) is 187 Å². The van der Waals surface area contributed by atoms with Crippen molar-refractivity contribution in [3.63, 3.8) is 0 Å². The van der Waals surface area contributed by atoms with Gasteiger partial charge in [-0.2, -0.15) is 0 Å². The van der Waals surface area contributed by atoms with Gasteiger partial charge in [0.05, 0.1) is 0 Å². The standard InChI is InChI=1S/C34H64O6/c1-4-7-10-13-15-16-17-19-22-25-28-34(37)40-31(29-38-32(35)26-23-20-12-9-6-3)30-39-33(36)27-24-21-18-14-11-8-5-2/h31H,4-30H2,1-3H3/t31-/m0/s1. The summed E-state index contributed by atoms with van der Waals surface area (Å²) in [6, 6.07) is 0. The molecule has 0 N–H and O–H groups in total. The third-order valence-electron chi connectivity index (χ3n) is 7.36. The average Bonchev–Trinajstić information content (AvgIpc) is 2.94. The third kappa shape index (κ3) is 28.0. The fraction of sp³-hybridized carbons (Fsp3) is 0.912. The molecule has 40 heavy (non-hydrogen) atoms. The molecule has 1 atom stereocenters. The Morgan fingerprint density at radius 3 is 1.00 bits per heavy atom. The third-order valence-corrected chi connectivity index (χ3v) is 7.36. The molecule has 0 aliphatic rings. The number of carbonyl (C=O) groups is 3. The predicted molar refractivity (Wildman–Crippen MR) is 164 cm³/mol. The SMILES string of the molecule is CCCCCCCCCCCCC(=O)O[C@@H](COC(=O)CCCCCCC)COC(=O)CCCCCCCCC. The first-order valence-electron chi connectivity index (χ1n) is 17.0. The molecule has 0 heterocycles. The van der Waals surface area contributed by atoms with Gasteiger partial charge in [0.25, 0.3) is 0 Å². The highest BCUT2D eigenvalue weighted by molar-refractivity contribution is 5.71. The minimum Gasteiger partial charge on any atom is -0.462 e. The Bertz CT molecular complexity index is 591. The maximum Gasteiger partial charge on any atom is 0.306 e. The Morgan fingerprint density at radius 2 is 0.675 bits per heavy atom. The molecule has 0 rings (SSSR count). The van der Waals surface area contributed by atoms with E-state index in [1.807, 2.05) is 0 Å². The Labute approximate surface area is 247 Å². The number of ether oxygens (including phenoxy) is 3. The van der Waals surface area contributed by atoms with Crippen LogP contribution >= 0.6 is 0 Å². The van der Waals surface area contributed by atoms with E-state index in [1.165, 1.54) is 77.0 Å². The summed E-state index contributed by atoms with van der Waals surface area (Å²) in [6.07, 6.45) is 25.5. The Kier molecular flexibility index (Phi) is 29.2. The predicted octanol–water partition coefficient (Wildman–Crippen LogP) is 9.80. The number of esters is 3. The van der Waals surface area contributed by atoms with E-state index < -0.39 is 6.10 Å². The molecule has 0 aromatic rings. The van der Waals surface area contributed by atoms with Crippen molar-refractivity contribution in [3.8, 4) is 0 Å². The molecule has 6 nitrogen and oxygen atoms in total. The van der Waals surface area contributed by atoms with Crippen LogP contribution < -0.4 is 0 Å². The number of carbonyl (C=O) groups excluding carboxylic acids is 3. The number of rotatable bonds is 30. The van der Waals surface area contributed by atoms with Crippen molar-refractivity contribution in [2.75, 3.05) is 13.2 Å². The van der Waals surface area contributed by atoms with Crippen LogP contribution in [0.15, 0.2) is 0 Å². The van der Waals surface area contributed by atoms with Gasteiger partial charge in [-0.25, -0.2) is 0 Å². The number of hydrogen-bond acceptors (Lipinski definition) is 6. The van der Waals surface area contributed by atoms with Gasteiger partial charge in [-0.3, -0.25) is 14.4 Å². The van der Waals surface area contributed by atoms with Gasteiger partial charge >= 0.3 is 17.9 Å². The first-order chi connectivity index (χ1) is 19.5. The van der Waals surface area contributed by atoms with Crippen molar-refractivity contribution in [1.82, 2.24) is 0 Å². The smallest absolute Gasteiger partial charge is 0.306 e. The summed E-state index contributed by atoms with van der Waals surface area (Å²) in [5, 5.41) is 0. The minimum absolute atomic E-state index is 0.0666. The van der Waals surface area contributed by atoms with Crippen molar-refractivity contribution < 1.29 is 28.6 Å². The van der Waals surface area contributed by atoms with Gasteiger partial charge < -0.3 is 14.2 Å². The molecule has 0 aromatic carbocycles. The lowest BCUT2D eigenvalue weighted by Gasteiger charge is -2.18. The van der Waals surface area contributed by atoms with Gasteiger partial charge in [0.15, 0.2) is 6.10 Å². The Hall–Kier alpha value is -1.59. The van der Waals surface area contributed by atoms with Crippen LogP contribution in [-0.4, -0.2) is 37.2 Å². The van der Waals surface area contributed by atoms with Crippen LogP contribution in [0.5, 0.6) is 0 Å². The molecule has 0 radical (unpaired) electrons. The van der Waals surface area contributed by atoms with E-state index >= 15 is 0 Å². The first-order valence-corrected chi connectivity index (χ1v) is 17.0. The van der Waals surface area contributed by atoms with Gasteiger partial charge in [0.1, 0.15) is 13.2 Å². The zero-order valence-electron chi connectivity index (χ0n) is 26.6. The maximum absolute atomic E-state index is 12.5. The van der Waals surface area contributed by atoms with E-state index in [4.69, 9.17) is 14.2 Å². The second kappa shape index (κ2) is 30.4. The van der Waals surface area contributed by atoms with Crippen LogP contribution in [0, 0.1) is 0 Å². The summed E-state index contributed by atoms with van der Waals surface area (Å²) < 4.78 is 16.4. The molecule has 0 unspecified atom stereocenters. The highest BCUT2D eigenvalue weighted by Gasteiger charge is 2.19. The molecule has 0 bridgehead atoms. The van der Waals surface area contributed by atoms with Gasteiger partial charge in [0, 0.05) is 19.3 Å². The lowest BCUT2D eigenvalue weighted by molar-refractivity contribution is -0.167. The molecule has 0 spiro atoms. The molecule has 0 aromatic heterocycles. The highest BCUT2D eigenvalue weighted by atomic mass is 16.6. The quantitative estimate of drug-likeness (QED) is 0.0487. The van der Waals surface area contributed by atoms with Gasteiger partial charge in [0.2, 0.25) is 0 Å². The second-order valence-corrected chi connectivity index (χ2v) is 11.4. The van der Waals surface area contributed by atoms with E-state index in [1.54, 1.807) is 0 Å². The molecule has 0 fully saturated rings. The number of unbranched alkanes of at least 4 members (excludes halogenated alkanes) is 19. The van der Waals surface area contributed by atoms with Gasteiger partial charge in [-0.1, -0.05) is 143 Å². The summed E-state index contributed by atoms with van der Waals surface area (Å²) in [7, 11) is 0. The van der Waals surface area contributed by atoms with E-state index in [9.17, 15) is 14.4 Å². The van der Waals surface area contributed by atoms with Crippen molar-refractivity contribution in [3.05, 3.63) is 0 Å². The summed E-state index contributed by atoms with van der Waals surface area (Å²) in [5.41, 5.74) is 0. The first kappa shape index (κ1) is 38.4. The average molecular weight is 569 g/mol. The van der Waals surface area contributed by atoms with Crippen LogP contribution in [-0.2, 0) is 28.6 Å². The zero-order chi connectivity index (χ0) is 29.5. The molecule has 236 valence electrons. The molecule has 0 amide bonds. The van der Waals surface area contributed by atoms with Gasteiger partial charge in [-0.15, -0.1) is 0 Å². The Balaban J connectivity index is 4.32. The van der Waals surface area contributed by atoms with E-state index in [0.29, 0.717) is 19.3 Å².